The molecule has 0 saturated heterocycles. The Morgan fingerprint density at radius 2 is 1.74 bits per heavy atom. The van der Waals surface area contributed by atoms with Gasteiger partial charge in [-0.15, -0.1) is 11.3 Å². The molecule has 7 heteroatoms. The molecule has 154 valence electrons. The molecule has 1 N–H and O–H groups in total. The summed E-state index contributed by atoms with van der Waals surface area (Å²) in [6.07, 6.45) is 1.69. The van der Waals surface area contributed by atoms with E-state index in [-0.39, 0.29) is 5.97 Å². The number of hydrogen-bond donors (Lipinski definition) is 1. The number of thiazole rings is 1. The van der Waals surface area contributed by atoms with Gasteiger partial charge in [-0.1, -0.05) is 45.8 Å². The molecule has 0 spiro atoms. The molecule has 31 heavy (non-hydrogen) atoms. The zero-order valence-corrected chi connectivity index (χ0v) is 19.0. The quantitative estimate of drug-likeness (QED) is 0.144. The smallest absolute Gasteiger partial charge is 0.343 e. The van der Waals surface area contributed by atoms with E-state index in [1.807, 2.05) is 60.8 Å². The summed E-state index contributed by atoms with van der Waals surface area (Å²) in [5, 5.41) is 6.93. The first-order valence-corrected chi connectivity index (χ1v) is 11.1. The largest absolute Gasteiger partial charge is 0.423 e. The van der Waals surface area contributed by atoms with E-state index in [1.165, 1.54) is 11.3 Å². The van der Waals surface area contributed by atoms with Crippen LogP contribution in [0.1, 0.15) is 21.5 Å². The number of aromatic nitrogens is 1. The van der Waals surface area contributed by atoms with Crippen LogP contribution in [0.3, 0.4) is 0 Å². The van der Waals surface area contributed by atoms with Crippen molar-refractivity contribution in [1.29, 1.82) is 0 Å². The third kappa shape index (κ3) is 5.65. The van der Waals surface area contributed by atoms with Crippen LogP contribution in [-0.2, 0) is 0 Å². The molecule has 1 heterocycles. The number of rotatable bonds is 6. The fourth-order valence-electron chi connectivity index (χ4n) is 2.72. The molecule has 0 saturated carbocycles. The maximum Gasteiger partial charge on any atom is 0.343 e. The van der Waals surface area contributed by atoms with Gasteiger partial charge in [-0.2, -0.15) is 5.10 Å². The number of hydrogen-bond acceptors (Lipinski definition) is 6. The molecule has 0 amide bonds. The van der Waals surface area contributed by atoms with Gasteiger partial charge in [-0.25, -0.2) is 9.78 Å². The number of nitrogens with one attached hydrogen (secondary N) is 1. The van der Waals surface area contributed by atoms with Gasteiger partial charge in [0.15, 0.2) is 0 Å². The van der Waals surface area contributed by atoms with Gasteiger partial charge in [0.2, 0.25) is 5.13 Å². The summed E-state index contributed by atoms with van der Waals surface area (Å²) in [7, 11) is 0. The predicted molar refractivity (Wildman–Crippen MR) is 129 cm³/mol. The lowest BCUT2D eigenvalue weighted by atomic mass is 10.1. The molecule has 0 fully saturated rings. The van der Waals surface area contributed by atoms with Crippen LogP contribution in [0.2, 0.25) is 0 Å². The van der Waals surface area contributed by atoms with Crippen molar-refractivity contribution in [2.75, 3.05) is 5.43 Å². The van der Waals surface area contributed by atoms with Crippen molar-refractivity contribution >= 4 is 44.6 Å². The fraction of sp³-hybridized carbons (Fsp3) is 0.0417. The number of hydrazone groups is 1. The van der Waals surface area contributed by atoms with Crippen LogP contribution in [0, 0.1) is 6.92 Å². The molecule has 0 aliphatic heterocycles. The summed E-state index contributed by atoms with van der Waals surface area (Å²) in [5.41, 5.74) is 7.38. The van der Waals surface area contributed by atoms with E-state index in [1.54, 1.807) is 30.5 Å². The number of ether oxygens (including phenoxy) is 1. The average molecular weight is 492 g/mol. The first-order chi connectivity index (χ1) is 15.1. The normalized spacial score (nSPS) is 10.9. The SMILES string of the molecule is Cc1ccc(C(=O)Oc2ccc(/C=N\Nc3nc(-c4ccc(Br)cc4)cs3)cc2)cc1. The standard InChI is InChI=1S/C24H18BrN3O2S/c1-16-2-6-19(7-3-16)23(29)30-21-12-4-17(5-13-21)14-26-28-24-27-22(15-31-24)18-8-10-20(25)11-9-18/h2-15H,1H3,(H,27,28)/b26-14-. The Hall–Kier alpha value is -3.29. The summed E-state index contributed by atoms with van der Waals surface area (Å²) >= 11 is 4.92. The van der Waals surface area contributed by atoms with Gasteiger partial charge >= 0.3 is 5.97 Å². The molecular weight excluding hydrogens is 474 g/mol. The molecule has 1 aromatic heterocycles. The van der Waals surface area contributed by atoms with Crippen molar-refractivity contribution in [3.8, 4) is 17.0 Å². The molecule has 4 aromatic rings. The summed E-state index contributed by atoms with van der Waals surface area (Å²) in [6.45, 7) is 1.97. The summed E-state index contributed by atoms with van der Waals surface area (Å²) in [4.78, 5) is 16.7. The van der Waals surface area contributed by atoms with Gasteiger partial charge < -0.3 is 4.74 Å². The maximum absolute atomic E-state index is 12.2. The van der Waals surface area contributed by atoms with E-state index in [4.69, 9.17) is 4.74 Å². The number of halogens is 1. The highest BCUT2D eigenvalue weighted by molar-refractivity contribution is 9.10. The number of benzene rings is 3. The first-order valence-electron chi connectivity index (χ1n) is 9.46. The van der Waals surface area contributed by atoms with Gasteiger partial charge in [0.1, 0.15) is 5.75 Å². The van der Waals surface area contributed by atoms with Crippen LogP contribution >= 0.6 is 27.3 Å². The number of carbonyl (C=O) groups is 1. The Morgan fingerprint density at radius 3 is 2.45 bits per heavy atom. The van der Waals surface area contributed by atoms with E-state index in [9.17, 15) is 4.79 Å². The second-order valence-electron chi connectivity index (χ2n) is 6.74. The molecule has 0 aliphatic rings. The predicted octanol–water partition coefficient (Wildman–Crippen LogP) is 6.55. The minimum Gasteiger partial charge on any atom is -0.423 e. The Bertz CT molecular complexity index is 1200. The Balaban J connectivity index is 1.33. The van der Waals surface area contributed by atoms with E-state index < -0.39 is 0 Å². The number of nitrogens with zero attached hydrogens (tertiary/aromatic N) is 2. The average Bonchev–Trinajstić information content (AvgIpc) is 3.25. The highest BCUT2D eigenvalue weighted by atomic mass is 79.9. The zero-order valence-electron chi connectivity index (χ0n) is 16.6. The van der Waals surface area contributed by atoms with E-state index in [0.29, 0.717) is 16.4 Å². The lowest BCUT2D eigenvalue weighted by molar-refractivity contribution is 0.0735. The topological polar surface area (TPSA) is 63.6 Å². The van der Waals surface area contributed by atoms with E-state index in [2.05, 4.69) is 31.4 Å². The van der Waals surface area contributed by atoms with Crippen molar-refractivity contribution in [3.63, 3.8) is 0 Å². The minimum atomic E-state index is -0.381. The molecule has 3 aromatic carbocycles. The number of carbonyl (C=O) groups excluding carboxylic acids is 1. The van der Waals surface area contributed by atoms with Crippen molar-refractivity contribution in [3.05, 3.63) is 99.3 Å². The first kappa shape index (κ1) is 21.0. The van der Waals surface area contributed by atoms with Gasteiger partial charge in [0.05, 0.1) is 17.5 Å². The van der Waals surface area contributed by atoms with Crippen LogP contribution in [0.25, 0.3) is 11.3 Å². The Morgan fingerprint density at radius 1 is 1.03 bits per heavy atom. The van der Waals surface area contributed by atoms with Gasteiger partial charge in [0, 0.05) is 15.4 Å². The molecule has 5 nitrogen and oxygen atoms in total. The molecule has 0 atom stereocenters. The van der Waals surface area contributed by atoms with Gasteiger partial charge in [-0.05, 0) is 61.0 Å². The van der Waals surface area contributed by atoms with Crippen molar-refractivity contribution < 1.29 is 9.53 Å². The van der Waals surface area contributed by atoms with Crippen LogP contribution in [0.4, 0.5) is 5.13 Å². The van der Waals surface area contributed by atoms with Crippen molar-refractivity contribution in [1.82, 2.24) is 4.98 Å². The monoisotopic (exact) mass is 491 g/mol. The van der Waals surface area contributed by atoms with Crippen LogP contribution in [0.5, 0.6) is 5.75 Å². The molecule has 0 aliphatic carbocycles. The number of aryl methyl sites for hydroxylation is 1. The lowest BCUT2D eigenvalue weighted by Gasteiger charge is -2.05. The van der Waals surface area contributed by atoms with Gasteiger partial charge in [-0.3, -0.25) is 5.43 Å². The lowest BCUT2D eigenvalue weighted by Crippen LogP contribution is -2.08. The third-order valence-electron chi connectivity index (χ3n) is 4.40. The van der Waals surface area contributed by atoms with E-state index >= 15 is 0 Å². The molecule has 4 rings (SSSR count). The molecule has 0 unspecified atom stereocenters. The van der Waals surface area contributed by atoms with Crippen LogP contribution in [-0.4, -0.2) is 17.2 Å². The fourth-order valence-corrected chi connectivity index (χ4v) is 3.65. The van der Waals surface area contributed by atoms with Crippen molar-refractivity contribution in [2.24, 2.45) is 5.10 Å². The van der Waals surface area contributed by atoms with Crippen molar-refractivity contribution in [2.45, 2.75) is 6.92 Å². The van der Waals surface area contributed by atoms with E-state index in [0.717, 1.165) is 26.9 Å². The summed E-state index contributed by atoms with van der Waals surface area (Å²) in [5.74, 6) is 0.100. The summed E-state index contributed by atoms with van der Waals surface area (Å²) < 4.78 is 6.44. The Labute approximate surface area is 192 Å². The maximum atomic E-state index is 12.2. The second-order valence-corrected chi connectivity index (χ2v) is 8.51. The van der Waals surface area contributed by atoms with Crippen LogP contribution in [0.15, 0.2) is 87.8 Å². The highest BCUT2D eigenvalue weighted by Gasteiger charge is 2.08. The second kappa shape index (κ2) is 9.68. The van der Waals surface area contributed by atoms with Crippen LogP contribution < -0.4 is 10.2 Å². The Kier molecular flexibility index (Phi) is 6.54. The minimum absolute atomic E-state index is 0.381. The summed E-state index contributed by atoms with van der Waals surface area (Å²) in [6, 6.07) is 22.4. The molecular formula is C24H18BrN3O2S. The highest BCUT2D eigenvalue weighted by Crippen LogP contribution is 2.26. The zero-order chi connectivity index (χ0) is 21.6. The number of esters is 1. The number of anilines is 1. The molecule has 0 bridgehead atoms. The third-order valence-corrected chi connectivity index (χ3v) is 5.67. The molecule has 0 radical (unpaired) electrons. The van der Waals surface area contributed by atoms with Gasteiger partial charge in [0.25, 0.3) is 0 Å².